The topological polar surface area (TPSA) is 143 Å². The highest BCUT2D eigenvalue weighted by atomic mass is 16.5. The maximum absolute atomic E-state index is 11.5. The molecule has 0 atom stereocenters. The molecule has 0 unspecified atom stereocenters. The first-order valence-electron chi connectivity index (χ1n) is 6.66. The van der Waals surface area contributed by atoms with E-state index in [0.29, 0.717) is 11.3 Å². The van der Waals surface area contributed by atoms with Gasteiger partial charge in [0, 0.05) is 24.5 Å². The van der Waals surface area contributed by atoms with Crippen molar-refractivity contribution in [2.45, 2.75) is 12.8 Å². The van der Waals surface area contributed by atoms with Crippen LogP contribution in [0.5, 0.6) is 11.5 Å². The number of nitrogens with two attached hydrogens (primary N) is 1. The van der Waals surface area contributed by atoms with E-state index in [1.165, 1.54) is 19.4 Å². The summed E-state index contributed by atoms with van der Waals surface area (Å²) in [5.74, 6) is -1.16. The Morgan fingerprint density at radius 3 is 2.61 bits per heavy atom. The number of hydrogen-bond acceptors (Lipinski definition) is 6. The monoisotopic (exact) mass is 322 g/mol. The lowest BCUT2D eigenvalue weighted by atomic mass is 10.2. The van der Waals surface area contributed by atoms with Gasteiger partial charge in [0.2, 0.25) is 17.7 Å². The molecule has 1 rings (SSSR count). The van der Waals surface area contributed by atoms with Crippen molar-refractivity contribution in [2.75, 3.05) is 13.7 Å². The van der Waals surface area contributed by atoms with Crippen LogP contribution in [0.15, 0.2) is 23.3 Å². The maximum Gasteiger partial charge on any atom is 0.240 e. The number of rotatable bonds is 8. The summed E-state index contributed by atoms with van der Waals surface area (Å²) in [6.45, 7) is -0.269. The Bertz CT molecular complexity index is 615. The van der Waals surface area contributed by atoms with Crippen LogP contribution in [0.1, 0.15) is 18.4 Å². The molecule has 5 N–H and O–H groups in total. The lowest BCUT2D eigenvalue weighted by molar-refractivity contribution is -0.127. The number of carbonyl (C=O) groups is 3. The molecule has 3 amide bonds. The molecule has 0 saturated heterocycles. The molecule has 23 heavy (non-hydrogen) atoms. The van der Waals surface area contributed by atoms with Crippen molar-refractivity contribution in [1.29, 1.82) is 0 Å². The zero-order valence-electron chi connectivity index (χ0n) is 12.5. The molecule has 9 nitrogen and oxygen atoms in total. The Labute approximate surface area is 132 Å². The fraction of sp³-hybridized carbons (Fsp3) is 0.286. The zero-order chi connectivity index (χ0) is 17.2. The van der Waals surface area contributed by atoms with Crippen LogP contribution in [0.2, 0.25) is 0 Å². The number of amides is 3. The van der Waals surface area contributed by atoms with E-state index in [1.807, 2.05) is 0 Å². The second kappa shape index (κ2) is 9.03. The number of methoxy groups -OCH3 is 1. The molecule has 0 fully saturated rings. The molecular formula is C14H18N4O5. The summed E-state index contributed by atoms with van der Waals surface area (Å²) >= 11 is 0. The van der Waals surface area contributed by atoms with Gasteiger partial charge in [-0.25, -0.2) is 5.43 Å². The van der Waals surface area contributed by atoms with Gasteiger partial charge in [0.15, 0.2) is 0 Å². The van der Waals surface area contributed by atoms with Gasteiger partial charge in [-0.3, -0.25) is 14.4 Å². The Morgan fingerprint density at radius 2 is 2.00 bits per heavy atom. The van der Waals surface area contributed by atoms with Crippen LogP contribution >= 0.6 is 0 Å². The number of aromatic hydroxyl groups is 1. The van der Waals surface area contributed by atoms with E-state index in [1.54, 1.807) is 12.1 Å². The van der Waals surface area contributed by atoms with Gasteiger partial charge in [-0.2, -0.15) is 5.10 Å². The Hall–Kier alpha value is -3.10. The minimum Gasteiger partial charge on any atom is -0.507 e. The quantitative estimate of drug-likeness (QED) is 0.367. The van der Waals surface area contributed by atoms with Crippen molar-refractivity contribution in [3.05, 3.63) is 23.8 Å². The Balaban J connectivity index is 2.38. The van der Waals surface area contributed by atoms with Crippen molar-refractivity contribution in [1.82, 2.24) is 10.7 Å². The minimum atomic E-state index is -0.660. The number of primary amides is 1. The number of carbonyl (C=O) groups excluding carboxylic acids is 3. The predicted molar refractivity (Wildman–Crippen MR) is 81.8 cm³/mol. The van der Waals surface area contributed by atoms with Gasteiger partial charge < -0.3 is 20.9 Å². The number of ether oxygens (including phenoxy) is 1. The van der Waals surface area contributed by atoms with Crippen molar-refractivity contribution < 1.29 is 24.2 Å². The number of phenols is 1. The normalized spacial score (nSPS) is 10.3. The smallest absolute Gasteiger partial charge is 0.240 e. The van der Waals surface area contributed by atoms with E-state index in [-0.39, 0.29) is 25.1 Å². The summed E-state index contributed by atoms with van der Waals surface area (Å²) in [7, 11) is 1.47. The first-order valence-corrected chi connectivity index (χ1v) is 6.66. The number of benzene rings is 1. The number of hydrogen-bond donors (Lipinski definition) is 4. The molecule has 0 saturated carbocycles. The summed E-state index contributed by atoms with van der Waals surface area (Å²) < 4.78 is 4.94. The molecule has 0 aromatic heterocycles. The highest BCUT2D eigenvalue weighted by Crippen LogP contribution is 2.21. The van der Waals surface area contributed by atoms with Crippen LogP contribution in [0.3, 0.4) is 0 Å². The summed E-state index contributed by atoms with van der Waals surface area (Å²) in [6.07, 6.45) is 1.07. The molecule has 1 aromatic carbocycles. The Morgan fingerprint density at radius 1 is 1.30 bits per heavy atom. The maximum atomic E-state index is 11.5. The summed E-state index contributed by atoms with van der Waals surface area (Å²) in [5.41, 5.74) is 7.49. The van der Waals surface area contributed by atoms with Gasteiger partial charge in [-0.1, -0.05) is 0 Å². The molecule has 0 aliphatic heterocycles. The van der Waals surface area contributed by atoms with E-state index in [4.69, 9.17) is 10.5 Å². The lowest BCUT2D eigenvalue weighted by Crippen LogP contribution is -2.33. The minimum absolute atomic E-state index is 0.0480. The third kappa shape index (κ3) is 6.93. The number of nitrogens with one attached hydrogen (secondary N) is 2. The number of phenolic OH excluding ortho intramolecular Hbond substituents is 1. The van der Waals surface area contributed by atoms with Gasteiger partial charge >= 0.3 is 0 Å². The van der Waals surface area contributed by atoms with Crippen molar-refractivity contribution in [3.8, 4) is 11.5 Å². The molecule has 0 radical (unpaired) electrons. The van der Waals surface area contributed by atoms with Gasteiger partial charge in [0.1, 0.15) is 11.5 Å². The molecule has 0 spiro atoms. The fourth-order valence-electron chi connectivity index (χ4n) is 1.49. The van der Waals surface area contributed by atoms with E-state index in [9.17, 15) is 19.5 Å². The standard InChI is InChI=1S/C14H18N4O5/c1-23-10-3-2-9(11(19)6-10)7-17-18-14(22)5-4-13(21)16-8-12(15)20/h2-3,6-7,19H,4-5,8H2,1H3,(H2,15,20)(H,16,21)(H,18,22)/b17-7+. The number of hydrazone groups is 1. The third-order valence-electron chi connectivity index (χ3n) is 2.67. The van der Waals surface area contributed by atoms with Gasteiger partial charge in [-0.05, 0) is 12.1 Å². The second-order valence-electron chi connectivity index (χ2n) is 4.46. The molecule has 124 valence electrons. The van der Waals surface area contributed by atoms with Gasteiger partial charge in [-0.15, -0.1) is 0 Å². The first-order chi connectivity index (χ1) is 10.9. The van der Waals surface area contributed by atoms with Crippen molar-refractivity contribution in [2.24, 2.45) is 10.8 Å². The van der Waals surface area contributed by atoms with E-state index >= 15 is 0 Å². The van der Waals surface area contributed by atoms with Crippen LogP contribution in [-0.2, 0) is 14.4 Å². The lowest BCUT2D eigenvalue weighted by Gasteiger charge is -2.03. The Kier molecular flexibility index (Phi) is 7.05. The predicted octanol–water partition coefficient (Wildman–Crippen LogP) is -0.767. The first kappa shape index (κ1) is 18.0. The highest BCUT2D eigenvalue weighted by Gasteiger charge is 2.07. The molecule has 0 aliphatic rings. The van der Waals surface area contributed by atoms with E-state index in [2.05, 4.69) is 15.8 Å². The number of nitrogens with zero attached hydrogens (tertiary/aromatic N) is 1. The second-order valence-corrected chi connectivity index (χ2v) is 4.46. The summed E-state index contributed by atoms with van der Waals surface area (Å²) in [4.78, 5) is 33.2. The van der Waals surface area contributed by atoms with Crippen molar-refractivity contribution in [3.63, 3.8) is 0 Å². The van der Waals surface area contributed by atoms with Gasteiger partial charge in [0.05, 0.1) is 19.9 Å². The highest BCUT2D eigenvalue weighted by molar-refractivity contribution is 5.88. The zero-order valence-corrected chi connectivity index (χ0v) is 12.5. The van der Waals surface area contributed by atoms with E-state index in [0.717, 1.165) is 0 Å². The molecule has 0 heterocycles. The average molecular weight is 322 g/mol. The average Bonchev–Trinajstić information content (AvgIpc) is 2.52. The van der Waals surface area contributed by atoms with Crippen LogP contribution < -0.4 is 21.2 Å². The third-order valence-corrected chi connectivity index (χ3v) is 2.67. The van der Waals surface area contributed by atoms with Gasteiger partial charge in [0.25, 0.3) is 0 Å². The molecule has 0 bridgehead atoms. The van der Waals surface area contributed by atoms with Crippen LogP contribution in [0, 0.1) is 0 Å². The summed E-state index contributed by atoms with van der Waals surface area (Å²) in [5, 5.41) is 15.6. The summed E-state index contributed by atoms with van der Waals surface area (Å²) in [6, 6.07) is 4.61. The van der Waals surface area contributed by atoms with Crippen LogP contribution in [0.4, 0.5) is 0 Å². The van der Waals surface area contributed by atoms with Crippen LogP contribution in [-0.4, -0.2) is 42.7 Å². The molecular weight excluding hydrogens is 304 g/mol. The molecule has 9 heteroatoms. The SMILES string of the molecule is COc1ccc(/C=N/NC(=O)CCC(=O)NCC(N)=O)c(O)c1. The van der Waals surface area contributed by atoms with E-state index < -0.39 is 17.7 Å². The van der Waals surface area contributed by atoms with Crippen LogP contribution in [0.25, 0.3) is 0 Å². The van der Waals surface area contributed by atoms with Crippen molar-refractivity contribution >= 4 is 23.9 Å². The fourth-order valence-corrected chi connectivity index (χ4v) is 1.49. The largest absolute Gasteiger partial charge is 0.507 e. The molecule has 0 aliphatic carbocycles. The molecule has 1 aromatic rings.